The van der Waals surface area contributed by atoms with Gasteiger partial charge in [0.1, 0.15) is 10.8 Å². The number of anilines is 1. The number of thiocarbonyl (C=S) groups is 1. The van der Waals surface area contributed by atoms with Crippen LogP contribution < -0.4 is 16.4 Å². The van der Waals surface area contributed by atoms with Crippen molar-refractivity contribution in [1.29, 1.82) is 0 Å². The van der Waals surface area contributed by atoms with Crippen LogP contribution in [0.15, 0.2) is 18.2 Å². The topological polar surface area (TPSA) is 67.1 Å². The molecule has 4 N–H and O–H groups in total. The van der Waals surface area contributed by atoms with Crippen LogP contribution in [0, 0.1) is 5.82 Å². The highest BCUT2D eigenvalue weighted by Gasteiger charge is 2.22. The number of hydrogen-bond acceptors (Lipinski definition) is 3. The van der Waals surface area contributed by atoms with Gasteiger partial charge in [0.05, 0.1) is 12.2 Å². The standard InChI is InChI=1S/C12H14FN3OS/c13-9-5-7(12(14)18)1-4-10(9)15-6-11(17)16-8-2-3-8/h1,4-5,8,15H,2-3,6H2,(H2,14,18)(H,16,17). The van der Waals surface area contributed by atoms with Gasteiger partial charge in [-0.05, 0) is 31.0 Å². The summed E-state index contributed by atoms with van der Waals surface area (Å²) in [6.07, 6.45) is 2.06. The van der Waals surface area contributed by atoms with E-state index in [1.807, 2.05) is 0 Å². The van der Waals surface area contributed by atoms with Gasteiger partial charge in [-0.25, -0.2) is 4.39 Å². The van der Waals surface area contributed by atoms with E-state index in [0.29, 0.717) is 11.6 Å². The van der Waals surface area contributed by atoms with Crippen LogP contribution in [0.5, 0.6) is 0 Å². The molecule has 1 aliphatic rings. The Hall–Kier alpha value is -1.69. The fourth-order valence-electron chi connectivity index (χ4n) is 1.49. The van der Waals surface area contributed by atoms with Crippen molar-refractivity contribution in [2.24, 2.45) is 5.73 Å². The molecule has 0 unspecified atom stereocenters. The smallest absolute Gasteiger partial charge is 0.239 e. The summed E-state index contributed by atoms with van der Waals surface area (Å²) in [7, 11) is 0. The van der Waals surface area contributed by atoms with E-state index in [1.54, 1.807) is 6.07 Å². The summed E-state index contributed by atoms with van der Waals surface area (Å²) in [4.78, 5) is 11.6. The molecule has 0 bridgehead atoms. The number of carbonyl (C=O) groups excluding carboxylic acids is 1. The Kier molecular flexibility index (Phi) is 3.76. The van der Waals surface area contributed by atoms with Crippen LogP contribution in [0.1, 0.15) is 18.4 Å². The molecule has 6 heteroatoms. The van der Waals surface area contributed by atoms with E-state index in [2.05, 4.69) is 10.6 Å². The van der Waals surface area contributed by atoms with Crippen LogP contribution in [0.4, 0.5) is 10.1 Å². The Morgan fingerprint density at radius 3 is 2.78 bits per heavy atom. The zero-order valence-corrected chi connectivity index (χ0v) is 10.5. The van der Waals surface area contributed by atoms with E-state index in [0.717, 1.165) is 12.8 Å². The molecule has 0 aliphatic heterocycles. The van der Waals surface area contributed by atoms with Crippen LogP contribution in [-0.2, 0) is 4.79 Å². The fraction of sp³-hybridized carbons (Fsp3) is 0.333. The van der Waals surface area contributed by atoms with Gasteiger partial charge in [-0.15, -0.1) is 0 Å². The zero-order valence-electron chi connectivity index (χ0n) is 9.70. The number of halogens is 1. The maximum atomic E-state index is 13.6. The number of nitrogens with two attached hydrogens (primary N) is 1. The molecule has 1 saturated carbocycles. The second kappa shape index (κ2) is 5.30. The van der Waals surface area contributed by atoms with Gasteiger partial charge in [0.15, 0.2) is 0 Å². The molecule has 1 aliphatic carbocycles. The summed E-state index contributed by atoms with van der Waals surface area (Å²) in [5.74, 6) is -0.602. The first-order valence-corrected chi connectivity index (χ1v) is 6.09. The summed E-state index contributed by atoms with van der Waals surface area (Å²) < 4.78 is 13.6. The third-order valence-electron chi connectivity index (χ3n) is 2.64. The molecule has 18 heavy (non-hydrogen) atoms. The molecule has 96 valence electrons. The molecule has 0 aromatic heterocycles. The van der Waals surface area contributed by atoms with Gasteiger partial charge < -0.3 is 16.4 Å². The molecule has 1 aromatic rings. The maximum Gasteiger partial charge on any atom is 0.239 e. The lowest BCUT2D eigenvalue weighted by Crippen LogP contribution is -2.31. The molecule has 0 saturated heterocycles. The van der Waals surface area contributed by atoms with Crippen molar-refractivity contribution < 1.29 is 9.18 Å². The normalized spacial score (nSPS) is 14.1. The fourth-order valence-corrected chi connectivity index (χ4v) is 1.62. The van der Waals surface area contributed by atoms with Gasteiger partial charge in [0.2, 0.25) is 5.91 Å². The minimum absolute atomic E-state index is 0.0554. The summed E-state index contributed by atoms with van der Waals surface area (Å²) in [5, 5.41) is 5.55. The highest BCUT2D eigenvalue weighted by atomic mass is 32.1. The number of benzene rings is 1. The molecule has 2 rings (SSSR count). The number of rotatable bonds is 5. The van der Waals surface area contributed by atoms with Crippen molar-refractivity contribution in [2.75, 3.05) is 11.9 Å². The van der Waals surface area contributed by atoms with Gasteiger partial charge in [0.25, 0.3) is 0 Å². The summed E-state index contributed by atoms with van der Waals surface area (Å²) in [5.41, 5.74) is 6.13. The first-order chi connectivity index (χ1) is 8.56. The van der Waals surface area contributed by atoms with Crippen molar-refractivity contribution in [2.45, 2.75) is 18.9 Å². The van der Waals surface area contributed by atoms with Crippen molar-refractivity contribution in [3.05, 3.63) is 29.6 Å². The molecule has 1 aromatic carbocycles. The van der Waals surface area contributed by atoms with Crippen molar-refractivity contribution in [3.63, 3.8) is 0 Å². The molecule has 0 atom stereocenters. The number of carbonyl (C=O) groups is 1. The summed E-state index contributed by atoms with van der Waals surface area (Å²) in [6.45, 7) is 0.0554. The lowest BCUT2D eigenvalue weighted by atomic mass is 10.2. The van der Waals surface area contributed by atoms with Crippen molar-refractivity contribution in [3.8, 4) is 0 Å². The second-order valence-electron chi connectivity index (χ2n) is 4.25. The van der Waals surface area contributed by atoms with Crippen molar-refractivity contribution in [1.82, 2.24) is 5.32 Å². The van der Waals surface area contributed by atoms with E-state index in [4.69, 9.17) is 18.0 Å². The van der Waals surface area contributed by atoms with Gasteiger partial charge >= 0.3 is 0 Å². The predicted molar refractivity (Wildman–Crippen MR) is 71.9 cm³/mol. The van der Waals surface area contributed by atoms with Crippen LogP contribution in [0.25, 0.3) is 0 Å². The second-order valence-corrected chi connectivity index (χ2v) is 4.69. The Labute approximate surface area is 110 Å². The Morgan fingerprint density at radius 1 is 1.50 bits per heavy atom. The van der Waals surface area contributed by atoms with Crippen LogP contribution in [0.3, 0.4) is 0 Å². The van der Waals surface area contributed by atoms with Crippen LogP contribution in [-0.4, -0.2) is 23.5 Å². The minimum Gasteiger partial charge on any atom is -0.389 e. The molecule has 0 radical (unpaired) electrons. The molecule has 0 spiro atoms. The van der Waals surface area contributed by atoms with E-state index in [9.17, 15) is 9.18 Å². The monoisotopic (exact) mass is 267 g/mol. The first-order valence-electron chi connectivity index (χ1n) is 5.69. The van der Waals surface area contributed by atoms with Gasteiger partial charge in [-0.1, -0.05) is 12.2 Å². The molecule has 0 heterocycles. The zero-order chi connectivity index (χ0) is 13.1. The average molecular weight is 267 g/mol. The van der Waals surface area contributed by atoms with Crippen LogP contribution >= 0.6 is 12.2 Å². The number of hydrogen-bond donors (Lipinski definition) is 3. The van der Waals surface area contributed by atoms with Gasteiger partial charge in [-0.2, -0.15) is 0 Å². The van der Waals surface area contributed by atoms with Crippen molar-refractivity contribution >= 4 is 28.8 Å². The third kappa shape index (κ3) is 3.40. The number of amides is 1. The Bertz CT molecular complexity index is 488. The predicted octanol–water partition coefficient (Wildman–Crippen LogP) is 1.15. The van der Waals surface area contributed by atoms with Gasteiger partial charge in [0, 0.05) is 11.6 Å². The van der Waals surface area contributed by atoms with E-state index < -0.39 is 5.82 Å². The Balaban J connectivity index is 1.92. The lowest BCUT2D eigenvalue weighted by Gasteiger charge is -2.09. The maximum absolute atomic E-state index is 13.6. The van der Waals surface area contributed by atoms with Gasteiger partial charge in [-0.3, -0.25) is 4.79 Å². The summed E-state index contributed by atoms with van der Waals surface area (Å²) in [6, 6.07) is 4.70. The average Bonchev–Trinajstić information content (AvgIpc) is 3.11. The third-order valence-corrected chi connectivity index (χ3v) is 2.87. The Morgan fingerprint density at radius 2 is 2.22 bits per heavy atom. The largest absolute Gasteiger partial charge is 0.389 e. The molecule has 1 fully saturated rings. The number of nitrogens with one attached hydrogen (secondary N) is 2. The van der Waals surface area contributed by atoms with E-state index in [1.165, 1.54) is 12.1 Å². The molecule has 4 nitrogen and oxygen atoms in total. The molecular weight excluding hydrogens is 253 g/mol. The molecule has 1 amide bonds. The van der Waals surface area contributed by atoms with Crippen LogP contribution in [0.2, 0.25) is 0 Å². The lowest BCUT2D eigenvalue weighted by molar-refractivity contribution is -0.119. The first kappa shape index (κ1) is 12.8. The quantitative estimate of drug-likeness (QED) is 0.700. The highest BCUT2D eigenvalue weighted by molar-refractivity contribution is 7.80. The minimum atomic E-state index is -0.473. The highest BCUT2D eigenvalue weighted by Crippen LogP contribution is 2.18. The SMILES string of the molecule is NC(=S)c1ccc(NCC(=O)NC2CC2)c(F)c1. The summed E-state index contributed by atoms with van der Waals surface area (Å²) >= 11 is 4.75. The molecular formula is C12H14FN3OS. The van der Waals surface area contributed by atoms with E-state index >= 15 is 0 Å². The van der Waals surface area contributed by atoms with E-state index in [-0.39, 0.29) is 23.1 Å².